The molecule has 0 bridgehead atoms. The summed E-state index contributed by atoms with van der Waals surface area (Å²) in [5.41, 5.74) is 2.10. The molecule has 0 amide bonds. The van der Waals surface area contributed by atoms with Crippen LogP contribution < -0.4 is 10.6 Å². The first-order valence-corrected chi connectivity index (χ1v) is 6.79. The number of nitrogens with one attached hydrogen (secondary N) is 2. The molecule has 0 aliphatic rings. The lowest BCUT2D eigenvalue weighted by Crippen LogP contribution is -2.03. The third-order valence-corrected chi connectivity index (χ3v) is 3.00. The van der Waals surface area contributed by atoms with Gasteiger partial charge in [0.15, 0.2) is 11.6 Å². The Hall–Kier alpha value is -2.17. The predicted molar refractivity (Wildman–Crippen MR) is 79.9 cm³/mol. The smallest absolute Gasteiger partial charge is 0.224 e. The van der Waals surface area contributed by atoms with Crippen LogP contribution in [0.3, 0.4) is 0 Å². The fourth-order valence-electron chi connectivity index (χ4n) is 1.85. The summed E-state index contributed by atoms with van der Waals surface area (Å²) in [6.07, 6.45) is 4.58. The Kier molecular flexibility index (Phi) is 4.87. The van der Waals surface area contributed by atoms with Gasteiger partial charge in [-0.2, -0.15) is 4.98 Å². The average Bonchev–Trinajstić information content (AvgIpc) is 2.49. The zero-order valence-electron chi connectivity index (χ0n) is 11.8. The molecule has 2 rings (SSSR count). The lowest BCUT2D eigenvalue weighted by molar-refractivity contribution is 0.619. The minimum Gasteiger partial charge on any atom is -0.357 e. The van der Waals surface area contributed by atoms with E-state index in [1.807, 2.05) is 12.1 Å². The number of rotatable bonds is 6. The van der Waals surface area contributed by atoms with Gasteiger partial charge in [-0.15, -0.1) is 0 Å². The van der Waals surface area contributed by atoms with Crippen LogP contribution in [0.15, 0.2) is 30.5 Å². The molecule has 2 N–H and O–H groups in total. The number of aromatic nitrogens is 2. The van der Waals surface area contributed by atoms with E-state index in [9.17, 15) is 4.39 Å². The van der Waals surface area contributed by atoms with Crippen LogP contribution in [-0.2, 0) is 6.42 Å². The molecule has 0 aliphatic heterocycles. The Labute approximate surface area is 118 Å². The van der Waals surface area contributed by atoms with Gasteiger partial charge in [-0.25, -0.2) is 9.37 Å². The van der Waals surface area contributed by atoms with Crippen molar-refractivity contribution in [1.29, 1.82) is 0 Å². The highest BCUT2D eigenvalue weighted by molar-refractivity contribution is 5.57. The molecule has 0 saturated heterocycles. The number of halogens is 1. The summed E-state index contributed by atoms with van der Waals surface area (Å²) < 4.78 is 13.6. The van der Waals surface area contributed by atoms with Crippen LogP contribution in [0.5, 0.6) is 0 Å². The van der Waals surface area contributed by atoms with Gasteiger partial charge in [-0.3, -0.25) is 0 Å². The molecule has 0 aliphatic carbocycles. The molecule has 1 aromatic heterocycles. The topological polar surface area (TPSA) is 49.8 Å². The Morgan fingerprint density at radius 3 is 2.60 bits per heavy atom. The number of aryl methyl sites for hydroxylation is 1. The monoisotopic (exact) mass is 274 g/mol. The van der Waals surface area contributed by atoms with Crippen LogP contribution in [0.25, 0.3) is 0 Å². The molecule has 0 unspecified atom stereocenters. The van der Waals surface area contributed by atoms with Gasteiger partial charge in [0.05, 0.1) is 6.20 Å². The highest BCUT2D eigenvalue weighted by Crippen LogP contribution is 2.19. The minimum atomic E-state index is -0.473. The fourth-order valence-corrected chi connectivity index (χ4v) is 1.85. The standard InChI is InChI=1S/C15H19FN4/c1-3-4-5-11-6-8-12(9-7-11)19-14-13(16)10-18-15(17-2)20-14/h6-10H,3-5H2,1-2H3,(H2,17,18,19,20). The normalized spacial score (nSPS) is 10.3. The summed E-state index contributed by atoms with van der Waals surface area (Å²) in [5, 5.41) is 5.75. The molecule has 0 spiro atoms. The molecule has 4 nitrogen and oxygen atoms in total. The van der Waals surface area contributed by atoms with Crippen molar-refractivity contribution < 1.29 is 4.39 Å². The van der Waals surface area contributed by atoms with Gasteiger partial charge in [0, 0.05) is 12.7 Å². The maximum Gasteiger partial charge on any atom is 0.224 e. The molecule has 0 saturated carbocycles. The molecule has 2 aromatic rings. The summed E-state index contributed by atoms with van der Waals surface area (Å²) in [4.78, 5) is 7.86. The molecule has 0 atom stereocenters. The van der Waals surface area contributed by atoms with Crippen molar-refractivity contribution in [3.05, 3.63) is 41.8 Å². The van der Waals surface area contributed by atoms with Crippen molar-refractivity contribution in [2.24, 2.45) is 0 Å². The molecule has 5 heteroatoms. The second-order valence-corrected chi connectivity index (χ2v) is 4.57. The van der Waals surface area contributed by atoms with E-state index < -0.39 is 5.82 Å². The lowest BCUT2D eigenvalue weighted by Gasteiger charge is -2.08. The molecule has 1 heterocycles. The van der Waals surface area contributed by atoms with Crippen LogP contribution in [0.4, 0.5) is 21.8 Å². The molecule has 0 radical (unpaired) electrons. The van der Waals surface area contributed by atoms with Gasteiger partial charge in [0.1, 0.15) is 0 Å². The third kappa shape index (κ3) is 3.66. The lowest BCUT2D eigenvalue weighted by atomic mass is 10.1. The van der Waals surface area contributed by atoms with Gasteiger partial charge in [-0.05, 0) is 30.5 Å². The molecule has 0 fully saturated rings. The van der Waals surface area contributed by atoms with Crippen LogP contribution in [0.2, 0.25) is 0 Å². The van der Waals surface area contributed by atoms with E-state index in [0.717, 1.165) is 18.3 Å². The minimum absolute atomic E-state index is 0.172. The average molecular weight is 274 g/mol. The highest BCUT2D eigenvalue weighted by atomic mass is 19.1. The largest absolute Gasteiger partial charge is 0.357 e. The summed E-state index contributed by atoms with van der Waals surface area (Å²) in [5.74, 6) is 0.0817. The summed E-state index contributed by atoms with van der Waals surface area (Å²) in [6, 6.07) is 7.98. The first-order valence-electron chi connectivity index (χ1n) is 6.79. The van der Waals surface area contributed by atoms with E-state index in [0.29, 0.717) is 5.95 Å². The quantitative estimate of drug-likeness (QED) is 0.842. The van der Waals surface area contributed by atoms with Crippen molar-refractivity contribution in [3.8, 4) is 0 Å². The van der Waals surface area contributed by atoms with Crippen molar-refractivity contribution >= 4 is 17.5 Å². The van der Waals surface area contributed by atoms with Crippen molar-refractivity contribution in [3.63, 3.8) is 0 Å². The summed E-state index contributed by atoms with van der Waals surface area (Å²) in [6.45, 7) is 2.17. The number of benzene rings is 1. The van der Waals surface area contributed by atoms with E-state index in [2.05, 4.69) is 39.7 Å². The van der Waals surface area contributed by atoms with Crippen molar-refractivity contribution in [1.82, 2.24) is 9.97 Å². The van der Waals surface area contributed by atoms with Crippen LogP contribution in [0.1, 0.15) is 25.3 Å². The Balaban J connectivity index is 2.09. The molecular formula is C15H19FN4. The first-order chi connectivity index (χ1) is 9.72. The maximum atomic E-state index is 13.6. The van der Waals surface area contributed by atoms with Gasteiger partial charge >= 0.3 is 0 Å². The maximum absolute atomic E-state index is 13.6. The third-order valence-electron chi connectivity index (χ3n) is 3.00. The Morgan fingerprint density at radius 1 is 1.20 bits per heavy atom. The van der Waals surface area contributed by atoms with Crippen LogP contribution in [0, 0.1) is 5.82 Å². The number of nitrogens with zero attached hydrogens (tertiary/aromatic N) is 2. The number of hydrogen-bond acceptors (Lipinski definition) is 4. The van der Waals surface area contributed by atoms with Crippen LogP contribution >= 0.6 is 0 Å². The van der Waals surface area contributed by atoms with E-state index in [1.165, 1.54) is 18.4 Å². The van der Waals surface area contributed by atoms with Crippen molar-refractivity contribution in [2.75, 3.05) is 17.7 Å². The second-order valence-electron chi connectivity index (χ2n) is 4.57. The van der Waals surface area contributed by atoms with E-state index in [1.54, 1.807) is 7.05 Å². The van der Waals surface area contributed by atoms with Gasteiger partial charge in [0.25, 0.3) is 0 Å². The summed E-state index contributed by atoms with van der Waals surface area (Å²) >= 11 is 0. The number of anilines is 3. The molecule has 20 heavy (non-hydrogen) atoms. The van der Waals surface area contributed by atoms with E-state index >= 15 is 0 Å². The molecular weight excluding hydrogens is 255 g/mol. The van der Waals surface area contributed by atoms with Gasteiger partial charge in [0.2, 0.25) is 5.95 Å². The zero-order valence-corrected chi connectivity index (χ0v) is 11.8. The van der Waals surface area contributed by atoms with Crippen LogP contribution in [-0.4, -0.2) is 17.0 Å². The number of hydrogen-bond donors (Lipinski definition) is 2. The van der Waals surface area contributed by atoms with E-state index in [4.69, 9.17) is 0 Å². The highest BCUT2D eigenvalue weighted by Gasteiger charge is 2.06. The Morgan fingerprint density at radius 2 is 1.95 bits per heavy atom. The zero-order chi connectivity index (χ0) is 14.4. The van der Waals surface area contributed by atoms with Gasteiger partial charge < -0.3 is 10.6 Å². The first kappa shape index (κ1) is 14.2. The van der Waals surface area contributed by atoms with Crippen molar-refractivity contribution in [2.45, 2.75) is 26.2 Å². The SMILES string of the molecule is CCCCc1ccc(Nc2nc(NC)ncc2F)cc1. The second kappa shape index (κ2) is 6.84. The van der Waals surface area contributed by atoms with E-state index in [-0.39, 0.29) is 5.82 Å². The van der Waals surface area contributed by atoms with Gasteiger partial charge in [-0.1, -0.05) is 25.5 Å². The predicted octanol–water partition coefficient (Wildman–Crippen LogP) is 3.74. The number of unbranched alkanes of at least 4 members (excludes halogenated alkanes) is 1. The molecule has 1 aromatic carbocycles. The summed E-state index contributed by atoms with van der Waals surface area (Å²) in [7, 11) is 1.69. The molecule has 106 valence electrons. The Bertz CT molecular complexity index is 554. The fraction of sp³-hybridized carbons (Fsp3) is 0.333.